The molecule has 3 rings (SSSR count). The summed E-state index contributed by atoms with van der Waals surface area (Å²) in [7, 11) is 4.03. The number of aliphatic hydroxyl groups excluding tert-OH is 1. The van der Waals surface area contributed by atoms with Crippen molar-refractivity contribution in [2.45, 2.75) is 25.9 Å². The van der Waals surface area contributed by atoms with Gasteiger partial charge in [0.05, 0.1) is 13.0 Å². The zero-order valence-corrected chi connectivity index (χ0v) is 15.7. The highest BCUT2D eigenvalue weighted by molar-refractivity contribution is 5.79. The van der Waals surface area contributed by atoms with Crippen molar-refractivity contribution in [3.05, 3.63) is 65.2 Å². The number of likely N-dealkylation sites (tertiary alicyclic amines) is 1. The molecule has 1 N–H and O–H groups in total. The molecule has 4 heteroatoms. The molecular weight excluding hydrogens is 324 g/mol. The number of hydrogen-bond acceptors (Lipinski definition) is 3. The van der Waals surface area contributed by atoms with E-state index in [-0.39, 0.29) is 12.5 Å². The van der Waals surface area contributed by atoms with Gasteiger partial charge in [-0.25, -0.2) is 0 Å². The van der Waals surface area contributed by atoms with Gasteiger partial charge in [-0.15, -0.1) is 0 Å². The van der Waals surface area contributed by atoms with Crippen LogP contribution >= 0.6 is 0 Å². The molecule has 1 heterocycles. The lowest BCUT2D eigenvalue weighted by molar-refractivity contribution is -0.129. The van der Waals surface area contributed by atoms with Gasteiger partial charge in [0, 0.05) is 32.9 Å². The highest BCUT2D eigenvalue weighted by Gasteiger charge is 2.26. The molecule has 0 saturated carbocycles. The second-order valence-electron chi connectivity index (χ2n) is 7.41. The predicted molar refractivity (Wildman–Crippen MR) is 105 cm³/mol. The number of nitrogens with zero attached hydrogens (tertiary/aromatic N) is 2. The number of carbonyl (C=O) groups is 1. The summed E-state index contributed by atoms with van der Waals surface area (Å²) >= 11 is 0. The quantitative estimate of drug-likeness (QED) is 0.869. The minimum atomic E-state index is 0.0791. The monoisotopic (exact) mass is 352 g/mol. The van der Waals surface area contributed by atoms with Gasteiger partial charge in [-0.05, 0) is 47.6 Å². The maximum Gasteiger partial charge on any atom is 0.226 e. The number of carbonyl (C=O) groups excluding carboxylic acids is 1. The summed E-state index contributed by atoms with van der Waals surface area (Å²) < 4.78 is 0. The molecule has 1 saturated heterocycles. The molecule has 1 atom stereocenters. The second kappa shape index (κ2) is 8.37. The summed E-state index contributed by atoms with van der Waals surface area (Å²) in [4.78, 5) is 16.7. The third-order valence-corrected chi connectivity index (χ3v) is 5.14. The van der Waals surface area contributed by atoms with Crippen molar-refractivity contribution in [3.63, 3.8) is 0 Å². The van der Waals surface area contributed by atoms with E-state index in [0.717, 1.165) is 42.7 Å². The van der Waals surface area contributed by atoms with Crippen molar-refractivity contribution < 1.29 is 9.90 Å². The van der Waals surface area contributed by atoms with Gasteiger partial charge in [-0.1, -0.05) is 36.4 Å². The largest absolute Gasteiger partial charge is 0.392 e. The molecule has 2 aromatic carbocycles. The van der Waals surface area contributed by atoms with Crippen molar-refractivity contribution in [1.29, 1.82) is 0 Å². The van der Waals surface area contributed by atoms with Crippen molar-refractivity contribution in [2.75, 3.05) is 32.1 Å². The number of amides is 1. The summed E-state index contributed by atoms with van der Waals surface area (Å²) in [6.45, 7) is 1.76. The highest BCUT2D eigenvalue weighted by Crippen LogP contribution is 2.22. The fourth-order valence-electron chi connectivity index (χ4n) is 3.61. The van der Waals surface area contributed by atoms with Crippen molar-refractivity contribution in [1.82, 2.24) is 4.90 Å². The average Bonchev–Trinajstić information content (AvgIpc) is 3.11. The molecule has 0 aromatic heterocycles. The summed E-state index contributed by atoms with van der Waals surface area (Å²) in [5.41, 5.74) is 4.41. The summed E-state index contributed by atoms with van der Waals surface area (Å²) in [5.74, 6) is 0.721. The van der Waals surface area contributed by atoms with Crippen molar-refractivity contribution >= 4 is 11.6 Å². The third-order valence-electron chi connectivity index (χ3n) is 5.14. The first-order valence-electron chi connectivity index (χ1n) is 9.28. The Labute approximate surface area is 156 Å². The van der Waals surface area contributed by atoms with Crippen LogP contribution in [0.1, 0.15) is 23.1 Å². The molecule has 1 fully saturated rings. The topological polar surface area (TPSA) is 43.8 Å². The van der Waals surface area contributed by atoms with Crippen LogP contribution < -0.4 is 4.90 Å². The summed E-state index contributed by atoms with van der Waals surface area (Å²) in [6.07, 6.45) is 2.49. The van der Waals surface area contributed by atoms with E-state index in [4.69, 9.17) is 0 Å². The lowest BCUT2D eigenvalue weighted by Crippen LogP contribution is -2.30. The predicted octanol–water partition coefficient (Wildman–Crippen LogP) is 2.88. The van der Waals surface area contributed by atoms with Crippen LogP contribution in [0, 0.1) is 5.92 Å². The number of aliphatic hydroxyl groups is 1. The van der Waals surface area contributed by atoms with Crippen LogP contribution in [0.25, 0.3) is 0 Å². The minimum Gasteiger partial charge on any atom is -0.392 e. The molecule has 4 nitrogen and oxygen atoms in total. The van der Waals surface area contributed by atoms with Crippen LogP contribution in [0.15, 0.2) is 48.5 Å². The fraction of sp³-hybridized carbons (Fsp3) is 0.409. The Morgan fingerprint density at radius 1 is 1.12 bits per heavy atom. The first kappa shape index (κ1) is 18.5. The van der Waals surface area contributed by atoms with Gasteiger partial charge < -0.3 is 14.9 Å². The van der Waals surface area contributed by atoms with E-state index in [1.807, 2.05) is 43.3 Å². The van der Waals surface area contributed by atoms with Gasteiger partial charge in [0.1, 0.15) is 0 Å². The Morgan fingerprint density at radius 2 is 1.85 bits per heavy atom. The Morgan fingerprint density at radius 3 is 2.54 bits per heavy atom. The summed E-state index contributed by atoms with van der Waals surface area (Å²) in [6, 6.07) is 16.3. The van der Waals surface area contributed by atoms with Gasteiger partial charge in [-0.2, -0.15) is 0 Å². The molecule has 0 unspecified atom stereocenters. The Balaban J connectivity index is 1.53. The zero-order valence-electron chi connectivity index (χ0n) is 15.7. The lowest BCUT2D eigenvalue weighted by atomic mass is 9.97. The molecule has 26 heavy (non-hydrogen) atoms. The van der Waals surface area contributed by atoms with E-state index in [1.165, 1.54) is 5.56 Å². The van der Waals surface area contributed by atoms with E-state index in [9.17, 15) is 9.90 Å². The van der Waals surface area contributed by atoms with Crippen LogP contribution in [-0.2, 0) is 24.2 Å². The number of benzene rings is 2. The number of anilines is 1. The van der Waals surface area contributed by atoms with Crippen LogP contribution in [-0.4, -0.2) is 43.1 Å². The normalized spacial score (nSPS) is 16.7. The highest BCUT2D eigenvalue weighted by atomic mass is 16.3. The zero-order chi connectivity index (χ0) is 18.5. The molecule has 138 valence electrons. The smallest absolute Gasteiger partial charge is 0.226 e. The third kappa shape index (κ3) is 4.64. The lowest BCUT2D eigenvalue weighted by Gasteiger charge is -2.17. The molecule has 0 bridgehead atoms. The molecule has 1 amide bonds. The fourth-order valence-corrected chi connectivity index (χ4v) is 3.61. The van der Waals surface area contributed by atoms with Gasteiger partial charge in [-0.3, -0.25) is 4.79 Å². The van der Waals surface area contributed by atoms with Gasteiger partial charge in [0.2, 0.25) is 5.91 Å². The molecule has 1 aliphatic heterocycles. The molecule has 0 radical (unpaired) electrons. The van der Waals surface area contributed by atoms with E-state index in [1.54, 1.807) is 0 Å². The SMILES string of the molecule is CN(C)c1ccc(CC(=O)N2CC[C@H](Cc3cccc(CO)c3)C2)cc1. The van der Waals surface area contributed by atoms with Crippen LogP contribution in [0.5, 0.6) is 0 Å². The van der Waals surface area contributed by atoms with Gasteiger partial charge in [0.15, 0.2) is 0 Å². The van der Waals surface area contributed by atoms with Crippen LogP contribution in [0.2, 0.25) is 0 Å². The van der Waals surface area contributed by atoms with Crippen molar-refractivity contribution in [2.24, 2.45) is 5.92 Å². The van der Waals surface area contributed by atoms with E-state index < -0.39 is 0 Å². The average molecular weight is 352 g/mol. The van der Waals surface area contributed by atoms with Gasteiger partial charge >= 0.3 is 0 Å². The Bertz CT molecular complexity index is 740. The molecule has 2 aromatic rings. The molecular formula is C22H28N2O2. The van der Waals surface area contributed by atoms with Crippen LogP contribution in [0.4, 0.5) is 5.69 Å². The Hall–Kier alpha value is -2.33. The Kier molecular flexibility index (Phi) is 5.94. The maximum absolute atomic E-state index is 12.6. The molecule has 0 aliphatic carbocycles. The molecule has 1 aliphatic rings. The van der Waals surface area contributed by atoms with E-state index >= 15 is 0 Å². The van der Waals surface area contributed by atoms with Crippen molar-refractivity contribution in [3.8, 4) is 0 Å². The summed E-state index contributed by atoms with van der Waals surface area (Å²) in [5, 5.41) is 9.27. The number of rotatable bonds is 6. The number of hydrogen-bond donors (Lipinski definition) is 1. The van der Waals surface area contributed by atoms with E-state index in [2.05, 4.69) is 29.2 Å². The standard InChI is InChI=1S/C22H28N2O2/c1-23(2)21-8-6-17(7-9-21)14-22(26)24-11-10-19(15-24)12-18-4-3-5-20(13-18)16-25/h3-9,13,19,25H,10-12,14-16H2,1-2H3/t19-/m1/s1. The van der Waals surface area contributed by atoms with Crippen LogP contribution in [0.3, 0.4) is 0 Å². The van der Waals surface area contributed by atoms with Gasteiger partial charge in [0.25, 0.3) is 0 Å². The first-order valence-corrected chi connectivity index (χ1v) is 9.28. The molecule has 0 spiro atoms. The van der Waals surface area contributed by atoms with E-state index in [0.29, 0.717) is 12.3 Å². The maximum atomic E-state index is 12.6. The first-order chi connectivity index (χ1) is 12.5. The second-order valence-corrected chi connectivity index (χ2v) is 7.41. The minimum absolute atomic E-state index is 0.0791.